The molecule has 0 aliphatic carbocycles. The second-order valence-corrected chi connectivity index (χ2v) is 6.71. The lowest BCUT2D eigenvalue weighted by molar-refractivity contribution is 0.0536. The molecule has 0 radical (unpaired) electrons. The predicted octanol–water partition coefficient (Wildman–Crippen LogP) is 1.31. The van der Waals surface area contributed by atoms with E-state index in [0.29, 0.717) is 17.0 Å². The zero-order valence-electron chi connectivity index (χ0n) is 9.51. The molecule has 5 nitrogen and oxygen atoms in total. The first-order valence-electron chi connectivity index (χ1n) is 5.17. The number of esters is 1. The number of carbonyl (C=O) groups is 1. The Morgan fingerprint density at radius 2 is 2.18 bits per heavy atom. The van der Waals surface area contributed by atoms with Crippen LogP contribution in [-0.2, 0) is 14.6 Å². The van der Waals surface area contributed by atoms with E-state index in [2.05, 4.69) is 0 Å². The smallest absolute Gasteiger partial charge is 0.350 e. The molecule has 0 fully saturated rings. The van der Waals surface area contributed by atoms with Crippen LogP contribution in [0.3, 0.4) is 0 Å². The second kappa shape index (κ2) is 6.02. The van der Waals surface area contributed by atoms with Crippen LogP contribution in [0.2, 0.25) is 0 Å². The maximum atomic E-state index is 11.5. The van der Waals surface area contributed by atoms with Gasteiger partial charge < -0.3 is 10.5 Å². The molecule has 0 saturated carbocycles. The van der Waals surface area contributed by atoms with Crippen LogP contribution in [0.15, 0.2) is 11.4 Å². The summed E-state index contributed by atoms with van der Waals surface area (Å²) in [6, 6.07) is 1.61. The van der Waals surface area contributed by atoms with Crippen molar-refractivity contribution in [3.8, 4) is 0 Å². The molecule has 0 atom stereocenters. The molecular weight excluding hydrogens is 262 g/mol. The Kier molecular flexibility index (Phi) is 4.95. The largest absolute Gasteiger partial charge is 0.460 e. The number of nitrogens with two attached hydrogens (primary N) is 1. The number of thiophene rings is 1. The van der Waals surface area contributed by atoms with Gasteiger partial charge in [0, 0.05) is 0 Å². The molecule has 0 aliphatic heterocycles. The lowest BCUT2D eigenvalue weighted by Gasteiger charge is -2.04. The quantitative estimate of drug-likeness (QED) is 0.792. The summed E-state index contributed by atoms with van der Waals surface area (Å²) in [4.78, 5) is 11.8. The van der Waals surface area contributed by atoms with Gasteiger partial charge in [-0.1, -0.05) is 6.92 Å². The molecule has 1 aromatic heterocycles. The van der Waals surface area contributed by atoms with E-state index in [1.54, 1.807) is 18.4 Å². The van der Waals surface area contributed by atoms with Gasteiger partial charge in [-0.15, -0.1) is 11.3 Å². The van der Waals surface area contributed by atoms with Crippen molar-refractivity contribution in [2.24, 2.45) is 0 Å². The van der Waals surface area contributed by atoms with E-state index in [1.807, 2.05) is 0 Å². The summed E-state index contributed by atoms with van der Waals surface area (Å²) < 4.78 is 27.6. The topological polar surface area (TPSA) is 86.5 Å². The van der Waals surface area contributed by atoms with E-state index < -0.39 is 15.8 Å². The maximum absolute atomic E-state index is 11.5. The average Bonchev–Trinajstić information content (AvgIpc) is 2.63. The number of anilines is 1. The predicted molar refractivity (Wildman–Crippen MR) is 68.0 cm³/mol. The van der Waals surface area contributed by atoms with E-state index in [1.165, 1.54) is 11.3 Å². The Balaban J connectivity index is 2.43. The van der Waals surface area contributed by atoms with Crippen molar-refractivity contribution in [1.82, 2.24) is 0 Å². The summed E-state index contributed by atoms with van der Waals surface area (Å²) in [5.41, 5.74) is 5.90. The van der Waals surface area contributed by atoms with Gasteiger partial charge in [0.1, 0.15) is 11.5 Å². The lowest BCUT2D eigenvalue weighted by Crippen LogP contribution is -2.17. The number of hydrogen-bond acceptors (Lipinski definition) is 6. The number of sulfone groups is 1. The molecule has 1 aromatic rings. The van der Waals surface area contributed by atoms with Crippen LogP contribution in [0, 0.1) is 0 Å². The number of rotatable bonds is 6. The zero-order chi connectivity index (χ0) is 12.9. The SMILES string of the molecule is CCCS(=O)(=O)CCOC(=O)c1sccc1N. The highest BCUT2D eigenvalue weighted by Gasteiger charge is 2.15. The highest BCUT2D eigenvalue weighted by Crippen LogP contribution is 2.19. The van der Waals surface area contributed by atoms with Crippen LogP contribution in [0.1, 0.15) is 23.0 Å². The normalized spacial score (nSPS) is 11.4. The Labute approximate surface area is 105 Å². The van der Waals surface area contributed by atoms with Gasteiger partial charge in [0.25, 0.3) is 0 Å². The van der Waals surface area contributed by atoms with Crippen molar-refractivity contribution < 1.29 is 17.9 Å². The minimum atomic E-state index is -3.11. The molecule has 1 heterocycles. The molecular formula is C10H15NO4S2. The third kappa shape index (κ3) is 4.35. The first kappa shape index (κ1) is 14.0. The highest BCUT2D eigenvalue weighted by atomic mass is 32.2. The van der Waals surface area contributed by atoms with E-state index >= 15 is 0 Å². The van der Waals surface area contributed by atoms with Gasteiger partial charge in [-0.25, -0.2) is 13.2 Å². The zero-order valence-corrected chi connectivity index (χ0v) is 11.1. The molecule has 0 amide bonds. The van der Waals surface area contributed by atoms with Crippen LogP contribution in [0.5, 0.6) is 0 Å². The summed E-state index contributed by atoms with van der Waals surface area (Å²) in [5, 5.41) is 1.68. The summed E-state index contributed by atoms with van der Waals surface area (Å²) in [6.07, 6.45) is 0.564. The Bertz CT molecular complexity index is 478. The number of hydrogen-bond donors (Lipinski definition) is 1. The molecule has 0 bridgehead atoms. The molecule has 0 aliphatic rings. The maximum Gasteiger partial charge on any atom is 0.350 e. The van der Waals surface area contributed by atoms with Gasteiger partial charge >= 0.3 is 5.97 Å². The van der Waals surface area contributed by atoms with Crippen LogP contribution in [0.25, 0.3) is 0 Å². The van der Waals surface area contributed by atoms with E-state index in [4.69, 9.17) is 10.5 Å². The molecule has 0 saturated heterocycles. The minimum Gasteiger partial charge on any atom is -0.460 e. The van der Waals surface area contributed by atoms with Crippen molar-refractivity contribution in [3.05, 3.63) is 16.3 Å². The Hall–Kier alpha value is -1.08. The molecule has 7 heteroatoms. The van der Waals surface area contributed by atoms with Crippen LogP contribution >= 0.6 is 11.3 Å². The fourth-order valence-electron chi connectivity index (χ4n) is 1.23. The Morgan fingerprint density at radius 3 is 2.71 bits per heavy atom. The molecule has 17 heavy (non-hydrogen) atoms. The first-order chi connectivity index (χ1) is 7.96. The third-order valence-corrected chi connectivity index (χ3v) is 4.75. The lowest BCUT2D eigenvalue weighted by atomic mass is 10.4. The van der Waals surface area contributed by atoms with E-state index in [9.17, 15) is 13.2 Å². The van der Waals surface area contributed by atoms with Crippen LogP contribution in [-0.4, -0.2) is 32.5 Å². The fourth-order valence-corrected chi connectivity index (χ4v) is 3.10. The van der Waals surface area contributed by atoms with Gasteiger partial charge in [-0.2, -0.15) is 0 Å². The minimum absolute atomic E-state index is 0.117. The molecule has 0 unspecified atom stereocenters. The van der Waals surface area contributed by atoms with E-state index in [0.717, 1.165) is 0 Å². The van der Waals surface area contributed by atoms with Crippen LogP contribution < -0.4 is 5.73 Å². The van der Waals surface area contributed by atoms with Crippen molar-refractivity contribution in [1.29, 1.82) is 0 Å². The number of ether oxygens (including phenoxy) is 1. The van der Waals surface area contributed by atoms with Gasteiger partial charge in [0.05, 0.1) is 17.2 Å². The summed E-state index contributed by atoms with van der Waals surface area (Å²) in [7, 11) is -3.11. The highest BCUT2D eigenvalue weighted by molar-refractivity contribution is 7.91. The third-order valence-electron chi connectivity index (χ3n) is 2.02. The Morgan fingerprint density at radius 1 is 1.47 bits per heavy atom. The summed E-state index contributed by atoms with van der Waals surface area (Å²) in [5.74, 6) is -0.590. The summed E-state index contributed by atoms with van der Waals surface area (Å²) >= 11 is 1.18. The molecule has 1 rings (SSSR count). The second-order valence-electron chi connectivity index (χ2n) is 3.49. The monoisotopic (exact) mass is 277 g/mol. The number of carbonyl (C=O) groups excluding carboxylic acids is 1. The van der Waals surface area contributed by atoms with Gasteiger partial charge in [0.15, 0.2) is 9.84 Å². The van der Waals surface area contributed by atoms with Crippen molar-refractivity contribution in [2.45, 2.75) is 13.3 Å². The van der Waals surface area contributed by atoms with Crippen molar-refractivity contribution >= 4 is 32.8 Å². The van der Waals surface area contributed by atoms with Crippen LogP contribution in [0.4, 0.5) is 5.69 Å². The van der Waals surface area contributed by atoms with E-state index in [-0.39, 0.29) is 18.1 Å². The van der Waals surface area contributed by atoms with Gasteiger partial charge in [-0.05, 0) is 17.9 Å². The average molecular weight is 277 g/mol. The first-order valence-corrected chi connectivity index (χ1v) is 7.87. The fraction of sp³-hybridized carbons (Fsp3) is 0.500. The standard InChI is InChI=1S/C10H15NO4S2/c1-2-6-17(13,14)7-4-15-10(12)9-8(11)3-5-16-9/h3,5H,2,4,6-7,11H2,1H3. The van der Waals surface area contributed by atoms with Crippen molar-refractivity contribution in [2.75, 3.05) is 23.8 Å². The summed E-state index contributed by atoms with van der Waals surface area (Å²) in [6.45, 7) is 1.66. The van der Waals surface area contributed by atoms with Gasteiger partial charge in [0.2, 0.25) is 0 Å². The molecule has 0 spiro atoms. The van der Waals surface area contributed by atoms with Crippen molar-refractivity contribution in [3.63, 3.8) is 0 Å². The van der Waals surface area contributed by atoms with Gasteiger partial charge in [-0.3, -0.25) is 0 Å². The number of nitrogen functional groups attached to an aromatic ring is 1. The molecule has 96 valence electrons. The molecule has 2 N–H and O–H groups in total. The molecule has 0 aromatic carbocycles.